The highest BCUT2D eigenvalue weighted by Crippen LogP contribution is 2.21. The summed E-state index contributed by atoms with van der Waals surface area (Å²) in [6.45, 7) is 6.04. The van der Waals surface area contributed by atoms with Crippen molar-refractivity contribution in [1.29, 1.82) is 0 Å². The first-order chi connectivity index (χ1) is 9.36. The number of hydrogen-bond acceptors (Lipinski definition) is 4. The summed E-state index contributed by atoms with van der Waals surface area (Å²) in [5.74, 6) is 0.115. The van der Waals surface area contributed by atoms with E-state index in [9.17, 15) is 9.59 Å². The zero-order valence-electron chi connectivity index (χ0n) is 11.7. The third kappa shape index (κ3) is 3.31. The zero-order valence-corrected chi connectivity index (χ0v) is 11.7. The van der Waals surface area contributed by atoms with Gasteiger partial charge in [0.05, 0.1) is 0 Å². The maximum Gasteiger partial charge on any atom is 0.347 e. The minimum absolute atomic E-state index is 0.0731. The van der Waals surface area contributed by atoms with E-state index in [1.54, 1.807) is 12.1 Å². The average Bonchev–Trinajstić information content (AvgIpc) is 2.80. The second kappa shape index (κ2) is 5.28. The van der Waals surface area contributed by atoms with Crippen molar-refractivity contribution in [2.24, 2.45) is 0 Å². The van der Waals surface area contributed by atoms with Gasteiger partial charge < -0.3 is 5.32 Å². The van der Waals surface area contributed by atoms with Crippen LogP contribution in [-0.2, 0) is 16.8 Å². The lowest BCUT2D eigenvalue weighted by molar-refractivity contribution is -0.116. The number of carbonyl (C=O) groups excluding carboxylic acids is 1. The Labute approximate surface area is 116 Å². The number of nitrogens with zero attached hydrogens (tertiary/aromatic N) is 3. The summed E-state index contributed by atoms with van der Waals surface area (Å²) in [6.07, 6.45) is 2.90. The maximum absolute atomic E-state index is 11.8. The lowest BCUT2D eigenvalue weighted by atomic mass is 9.92. The Morgan fingerprint density at radius 1 is 1.45 bits per heavy atom. The maximum atomic E-state index is 11.8. The Balaban J connectivity index is 2.04. The van der Waals surface area contributed by atoms with Crippen molar-refractivity contribution in [2.75, 3.05) is 5.32 Å². The Morgan fingerprint density at radius 2 is 2.20 bits per heavy atom. The summed E-state index contributed by atoms with van der Waals surface area (Å²) in [5, 5.41) is 9.55. The van der Waals surface area contributed by atoms with E-state index in [2.05, 4.69) is 20.5 Å². The van der Waals surface area contributed by atoms with Crippen molar-refractivity contribution in [3.8, 4) is 0 Å². The fourth-order valence-electron chi connectivity index (χ4n) is 1.61. The minimum atomic E-state index is -0.458. The summed E-state index contributed by atoms with van der Waals surface area (Å²) in [6, 6.07) is 3.38. The van der Waals surface area contributed by atoms with Crippen molar-refractivity contribution in [3.05, 3.63) is 40.7 Å². The van der Waals surface area contributed by atoms with E-state index >= 15 is 0 Å². The first-order valence-corrected chi connectivity index (χ1v) is 6.23. The first kappa shape index (κ1) is 14.0. The van der Waals surface area contributed by atoms with Gasteiger partial charge in [-0.3, -0.25) is 14.5 Å². The number of amides is 1. The SMILES string of the molecule is CC(C)(C)c1cc(NC(=O)Cn2cccnc2=O)n[nH]1. The van der Waals surface area contributed by atoms with Crippen LogP contribution in [0, 0.1) is 0 Å². The Hall–Kier alpha value is -2.44. The quantitative estimate of drug-likeness (QED) is 0.870. The van der Waals surface area contributed by atoms with Gasteiger partial charge in [0.25, 0.3) is 0 Å². The second-order valence-electron chi connectivity index (χ2n) is 5.50. The molecule has 1 amide bonds. The van der Waals surface area contributed by atoms with Crippen LogP contribution in [-0.4, -0.2) is 25.7 Å². The first-order valence-electron chi connectivity index (χ1n) is 6.23. The van der Waals surface area contributed by atoms with Gasteiger partial charge in [0, 0.05) is 29.6 Å². The van der Waals surface area contributed by atoms with E-state index in [0.717, 1.165) is 5.69 Å². The molecular formula is C13H17N5O2. The Kier molecular flexibility index (Phi) is 3.69. The molecule has 0 radical (unpaired) electrons. The van der Waals surface area contributed by atoms with Crippen LogP contribution in [0.15, 0.2) is 29.3 Å². The van der Waals surface area contributed by atoms with Crippen LogP contribution in [0.3, 0.4) is 0 Å². The molecule has 0 bridgehead atoms. The number of aromatic amines is 1. The standard InChI is InChI=1S/C13H17N5O2/c1-13(2,3)9-7-10(17-16-9)15-11(19)8-18-6-4-5-14-12(18)20/h4-7H,8H2,1-3H3,(H2,15,16,17,19). The fourth-order valence-corrected chi connectivity index (χ4v) is 1.61. The molecule has 7 nitrogen and oxygen atoms in total. The molecule has 0 aliphatic carbocycles. The summed E-state index contributed by atoms with van der Waals surface area (Å²) in [4.78, 5) is 26.8. The molecule has 0 saturated carbocycles. The largest absolute Gasteiger partial charge is 0.347 e. The summed E-state index contributed by atoms with van der Waals surface area (Å²) in [7, 11) is 0. The summed E-state index contributed by atoms with van der Waals surface area (Å²) in [5.41, 5.74) is 0.391. The molecule has 0 aliphatic rings. The van der Waals surface area contributed by atoms with Crippen LogP contribution in [0.5, 0.6) is 0 Å². The number of nitrogens with one attached hydrogen (secondary N) is 2. The minimum Gasteiger partial charge on any atom is -0.308 e. The van der Waals surface area contributed by atoms with Crippen molar-refractivity contribution < 1.29 is 4.79 Å². The van der Waals surface area contributed by atoms with Crippen LogP contribution in [0.1, 0.15) is 26.5 Å². The number of carbonyl (C=O) groups is 1. The molecule has 0 spiro atoms. The molecule has 2 N–H and O–H groups in total. The Bertz CT molecular complexity index is 666. The number of aromatic nitrogens is 4. The highest BCUT2D eigenvalue weighted by Gasteiger charge is 2.17. The van der Waals surface area contributed by atoms with Gasteiger partial charge in [-0.2, -0.15) is 5.10 Å². The van der Waals surface area contributed by atoms with Gasteiger partial charge in [-0.05, 0) is 6.07 Å². The molecule has 0 atom stereocenters. The smallest absolute Gasteiger partial charge is 0.308 e. The van der Waals surface area contributed by atoms with Crippen LogP contribution in [0.4, 0.5) is 5.82 Å². The van der Waals surface area contributed by atoms with E-state index in [-0.39, 0.29) is 17.9 Å². The topological polar surface area (TPSA) is 92.7 Å². The lowest BCUT2D eigenvalue weighted by Gasteiger charge is -2.14. The molecule has 2 rings (SSSR count). The fraction of sp³-hybridized carbons (Fsp3) is 0.385. The normalized spacial score (nSPS) is 11.3. The van der Waals surface area contributed by atoms with Gasteiger partial charge in [0.2, 0.25) is 5.91 Å². The van der Waals surface area contributed by atoms with Gasteiger partial charge in [-0.25, -0.2) is 9.78 Å². The number of hydrogen-bond donors (Lipinski definition) is 2. The average molecular weight is 275 g/mol. The van der Waals surface area contributed by atoms with Gasteiger partial charge in [-0.1, -0.05) is 20.8 Å². The highest BCUT2D eigenvalue weighted by atomic mass is 16.2. The van der Waals surface area contributed by atoms with Crippen LogP contribution >= 0.6 is 0 Å². The number of rotatable bonds is 3. The van der Waals surface area contributed by atoms with E-state index in [4.69, 9.17) is 0 Å². The molecule has 106 valence electrons. The van der Waals surface area contributed by atoms with Crippen LogP contribution in [0.25, 0.3) is 0 Å². The van der Waals surface area contributed by atoms with E-state index in [1.165, 1.54) is 17.0 Å². The monoisotopic (exact) mass is 275 g/mol. The molecule has 2 aromatic heterocycles. The van der Waals surface area contributed by atoms with Gasteiger partial charge in [0.15, 0.2) is 5.82 Å². The second-order valence-corrected chi connectivity index (χ2v) is 5.50. The zero-order chi connectivity index (χ0) is 14.8. The Morgan fingerprint density at radius 3 is 2.80 bits per heavy atom. The van der Waals surface area contributed by atoms with Crippen LogP contribution in [0.2, 0.25) is 0 Å². The van der Waals surface area contributed by atoms with Crippen molar-refractivity contribution in [1.82, 2.24) is 19.7 Å². The molecule has 20 heavy (non-hydrogen) atoms. The van der Waals surface area contributed by atoms with Crippen LogP contribution < -0.4 is 11.0 Å². The summed E-state index contributed by atoms with van der Waals surface area (Å²) < 4.78 is 1.23. The third-order valence-electron chi connectivity index (χ3n) is 2.75. The van der Waals surface area contributed by atoms with Gasteiger partial charge >= 0.3 is 5.69 Å². The third-order valence-corrected chi connectivity index (χ3v) is 2.75. The molecule has 7 heteroatoms. The van der Waals surface area contributed by atoms with E-state index in [1.807, 2.05) is 20.8 Å². The van der Waals surface area contributed by atoms with Gasteiger partial charge in [0.1, 0.15) is 6.54 Å². The molecule has 0 fully saturated rings. The molecule has 0 aliphatic heterocycles. The number of H-pyrrole nitrogens is 1. The molecular weight excluding hydrogens is 258 g/mol. The lowest BCUT2D eigenvalue weighted by Crippen LogP contribution is -2.28. The molecule has 0 saturated heterocycles. The van der Waals surface area contributed by atoms with Crippen molar-refractivity contribution in [3.63, 3.8) is 0 Å². The molecule has 0 aromatic carbocycles. The predicted molar refractivity (Wildman–Crippen MR) is 74.4 cm³/mol. The number of anilines is 1. The van der Waals surface area contributed by atoms with E-state index in [0.29, 0.717) is 5.82 Å². The molecule has 2 heterocycles. The molecule has 0 unspecified atom stereocenters. The van der Waals surface area contributed by atoms with Crippen molar-refractivity contribution >= 4 is 11.7 Å². The highest BCUT2D eigenvalue weighted by molar-refractivity contribution is 5.89. The van der Waals surface area contributed by atoms with E-state index < -0.39 is 5.69 Å². The summed E-state index contributed by atoms with van der Waals surface area (Å²) >= 11 is 0. The van der Waals surface area contributed by atoms with Gasteiger partial charge in [-0.15, -0.1) is 0 Å². The predicted octanol–water partition coefficient (Wildman–Crippen LogP) is 0.903. The van der Waals surface area contributed by atoms with Crippen molar-refractivity contribution in [2.45, 2.75) is 32.7 Å². The molecule has 2 aromatic rings.